The maximum atomic E-state index is 12.4. The number of carbonyl (C=O) groups is 2. The number of anilines is 1. The second-order valence-corrected chi connectivity index (χ2v) is 5.65. The molecule has 0 aromatic carbocycles. The molecule has 2 bridgehead atoms. The predicted octanol–water partition coefficient (Wildman–Crippen LogP) is 1.49. The topological polar surface area (TPSA) is 95.1 Å². The van der Waals surface area contributed by atoms with Crippen molar-refractivity contribution < 1.29 is 14.7 Å². The Hall–Kier alpha value is -2.11. The number of nitrogens with one attached hydrogen (secondary N) is 2. The number of nitrogens with zero attached hydrogens (tertiary/aromatic N) is 1. The number of H-pyrrole nitrogens is 1. The van der Waals surface area contributed by atoms with Gasteiger partial charge < -0.3 is 10.4 Å². The number of aromatic nitrogens is 2. The minimum atomic E-state index is -0.892. The minimum Gasteiger partial charge on any atom is -0.481 e. The summed E-state index contributed by atoms with van der Waals surface area (Å²) in [6, 6.07) is 0. The summed E-state index contributed by atoms with van der Waals surface area (Å²) in [5, 5.41) is 18.9. The van der Waals surface area contributed by atoms with Gasteiger partial charge in [0.25, 0.3) is 0 Å². The zero-order valence-corrected chi connectivity index (χ0v) is 11.4. The number of allylic oxidation sites excluding steroid dienone is 2. The van der Waals surface area contributed by atoms with Crippen molar-refractivity contribution >= 4 is 17.7 Å². The number of carboxylic acids is 1. The van der Waals surface area contributed by atoms with Gasteiger partial charge in [0.2, 0.25) is 5.91 Å². The highest BCUT2D eigenvalue weighted by Gasteiger charge is 2.51. The van der Waals surface area contributed by atoms with Crippen LogP contribution in [0.3, 0.4) is 0 Å². The Labute approximate surface area is 116 Å². The van der Waals surface area contributed by atoms with E-state index in [-0.39, 0.29) is 17.7 Å². The van der Waals surface area contributed by atoms with Crippen LogP contribution in [0.15, 0.2) is 12.2 Å². The van der Waals surface area contributed by atoms with Gasteiger partial charge in [-0.2, -0.15) is 5.10 Å². The van der Waals surface area contributed by atoms with Crippen molar-refractivity contribution in [1.82, 2.24) is 10.2 Å². The molecule has 1 heterocycles. The van der Waals surface area contributed by atoms with Gasteiger partial charge in [-0.15, -0.1) is 0 Å². The number of carbonyl (C=O) groups excluding carboxylic acids is 1. The van der Waals surface area contributed by atoms with Crippen LogP contribution in [-0.2, 0) is 9.59 Å². The van der Waals surface area contributed by atoms with Gasteiger partial charge in [-0.25, -0.2) is 0 Å². The first-order valence-electron chi connectivity index (χ1n) is 6.72. The van der Waals surface area contributed by atoms with E-state index >= 15 is 0 Å². The molecule has 106 valence electrons. The Morgan fingerprint density at radius 3 is 2.50 bits per heavy atom. The van der Waals surface area contributed by atoms with E-state index in [0.29, 0.717) is 5.82 Å². The fourth-order valence-corrected chi connectivity index (χ4v) is 3.32. The SMILES string of the molecule is Cc1[nH]nc(NC(=O)C2C3C=CC(C3)C2C(=O)O)c1C. The third kappa shape index (κ3) is 1.83. The van der Waals surface area contributed by atoms with Gasteiger partial charge in [0, 0.05) is 11.3 Å². The van der Waals surface area contributed by atoms with Crippen molar-refractivity contribution in [2.24, 2.45) is 23.7 Å². The summed E-state index contributed by atoms with van der Waals surface area (Å²) in [4.78, 5) is 23.8. The molecular formula is C14H17N3O3. The maximum absolute atomic E-state index is 12.4. The van der Waals surface area contributed by atoms with E-state index in [1.54, 1.807) is 0 Å². The molecule has 20 heavy (non-hydrogen) atoms. The number of fused-ring (bicyclic) bond motifs is 2. The largest absolute Gasteiger partial charge is 0.481 e. The van der Waals surface area contributed by atoms with Crippen LogP contribution >= 0.6 is 0 Å². The second kappa shape index (κ2) is 4.47. The van der Waals surface area contributed by atoms with Gasteiger partial charge in [0.1, 0.15) is 0 Å². The lowest BCUT2D eigenvalue weighted by Crippen LogP contribution is -2.36. The molecule has 1 saturated carbocycles. The number of aryl methyl sites for hydroxylation is 1. The lowest BCUT2D eigenvalue weighted by molar-refractivity contribution is -0.146. The summed E-state index contributed by atoms with van der Waals surface area (Å²) in [6.45, 7) is 3.74. The molecule has 3 rings (SSSR count). The number of rotatable bonds is 3. The quantitative estimate of drug-likeness (QED) is 0.728. The standard InChI is InChI=1S/C14H17N3O3/c1-6-7(2)16-17-12(6)15-13(18)10-8-3-4-9(5-8)11(10)14(19)20/h3-4,8-11H,5H2,1-2H3,(H,19,20)(H2,15,16,17,18). The Bertz CT molecular complexity index is 605. The summed E-state index contributed by atoms with van der Waals surface area (Å²) < 4.78 is 0. The average Bonchev–Trinajstić information content (AvgIpc) is 3.08. The molecule has 1 amide bonds. The molecule has 0 radical (unpaired) electrons. The fourth-order valence-electron chi connectivity index (χ4n) is 3.32. The van der Waals surface area contributed by atoms with Crippen LogP contribution in [0, 0.1) is 37.5 Å². The van der Waals surface area contributed by atoms with E-state index in [0.717, 1.165) is 17.7 Å². The van der Waals surface area contributed by atoms with Gasteiger partial charge in [-0.1, -0.05) is 12.2 Å². The normalized spacial score (nSPS) is 30.7. The van der Waals surface area contributed by atoms with E-state index in [2.05, 4.69) is 15.5 Å². The zero-order chi connectivity index (χ0) is 14.4. The summed E-state index contributed by atoms with van der Waals surface area (Å²) in [6.07, 6.45) is 4.65. The van der Waals surface area contributed by atoms with Crippen molar-refractivity contribution in [3.63, 3.8) is 0 Å². The molecule has 2 aliphatic rings. The van der Waals surface area contributed by atoms with Crippen molar-refractivity contribution in [3.8, 4) is 0 Å². The first-order valence-corrected chi connectivity index (χ1v) is 6.72. The molecule has 0 saturated heterocycles. The van der Waals surface area contributed by atoms with Crippen molar-refractivity contribution in [3.05, 3.63) is 23.4 Å². The van der Waals surface area contributed by atoms with Gasteiger partial charge in [0.15, 0.2) is 5.82 Å². The van der Waals surface area contributed by atoms with Crippen molar-refractivity contribution in [2.75, 3.05) is 5.32 Å². The first kappa shape index (κ1) is 12.9. The average molecular weight is 275 g/mol. The smallest absolute Gasteiger partial charge is 0.307 e. The number of amides is 1. The molecule has 4 unspecified atom stereocenters. The number of hydrogen-bond donors (Lipinski definition) is 3. The zero-order valence-electron chi connectivity index (χ0n) is 11.4. The van der Waals surface area contributed by atoms with E-state index in [4.69, 9.17) is 0 Å². The predicted molar refractivity (Wildman–Crippen MR) is 72.0 cm³/mol. The van der Waals surface area contributed by atoms with E-state index < -0.39 is 17.8 Å². The molecular weight excluding hydrogens is 258 g/mol. The van der Waals surface area contributed by atoms with E-state index in [1.165, 1.54) is 0 Å². The summed E-state index contributed by atoms with van der Waals surface area (Å²) in [5.41, 5.74) is 1.77. The summed E-state index contributed by atoms with van der Waals surface area (Å²) in [5.74, 6) is -1.76. The summed E-state index contributed by atoms with van der Waals surface area (Å²) in [7, 11) is 0. The Morgan fingerprint density at radius 1 is 1.30 bits per heavy atom. The molecule has 1 aromatic rings. The van der Waals surface area contributed by atoms with Crippen LogP contribution in [0.5, 0.6) is 0 Å². The van der Waals surface area contributed by atoms with Crippen LogP contribution in [0.2, 0.25) is 0 Å². The third-order valence-electron chi connectivity index (χ3n) is 4.54. The van der Waals surface area contributed by atoms with Crippen LogP contribution in [-0.4, -0.2) is 27.2 Å². The van der Waals surface area contributed by atoms with Crippen molar-refractivity contribution in [2.45, 2.75) is 20.3 Å². The monoisotopic (exact) mass is 275 g/mol. The number of hydrogen-bond acceptors (Lipinski definition) is 3. The van der Waals surface area contributed by atoms with Crippen LogP contribution in [0.1, 0.15) is 17.7 Å². The molecule has 1 fully saturated rings. The Morgan fingerprint density at radius 2 is 1.95 bits per heavy atom. The molecule has 0 aliphatic heterocycles. The Kier molecular flexibility index (Phi) is 2.88. The van der Waals surface area contributed by atoms with Crippen LogP contribution < -0.4 is 5.32 Å². The molecule has 0 spiro atoms. The van der Waals surface area contributed by atoms with Gasteiger partial charge in [-0.3, -0.25) is 14.7 Å². The first-order chi connectivity index (χ1) is 9.49. The highest BCUT2D eigenvalue weighted by molar-refractivity contribution is 5.96. The Balaban J connectivity index is 1.82. The van der Waals surface area contributed by atoms with E-state index in [9.17, 15) is 14.7 Å². The number of aromatic amines is 1. The van der Waals surface area contributed by atoms with Crippen LogP contribution in [0.4, 0.5) is 5.82 Å². The van der Waals surface area contributed by atoms with Gasteiger partial charge >= 0.3 is 5.97 Å². The highest BCUT2D eigenvalue weighted by atomic mass is 16.4. The van der Waals surface area contributed by atoms with Crippen molar-refractivity contribution in [1.29, 1.82) is 0 Å². The highest BCUT2D eigenvalue weighted by Crippen LogP contribution is 2.48. The molecule has 6 heteroatoms. The molecule has 6 nitrogen and oxygen atoms in total. The molecule has 1 aromatic heterocycles. The van der Waals surface area contributed by atoms with Gasteiger partial charge in [-0.05, 0) is 32.1 Å². The molecule has 2 aliphatic carbocycles. The lowest BCUT2D eigenvalue weighted by atomic mass is 9.82. The van der Waals surface area contributed by atoms with Crippen LogP contribution in [0.25, 0.3) is 0 Å². The molecule has 4 atom stereocenters. The third-order valence-corrected chi connectivity index (χ3v) is 4.54. The van der Waals surface area contributed by atoms with E-state index in [1.807, 2.05) is 26.0 Å². The maximum Gasteiger partial charge on any atom is 0.307 e. The minimum absolute atomic E-state index is 0.0183. The number of carboxylic acid groups (broad SMARTS) is 1. The number of aliphatic carboxylic acids is 1. The molecule has 3 N–H and O–H groups in total. The fraction of sp³-hybridized carbons (Fsp3) is 0.500. The lowest BCUT2D eigenvalue weighted by Gasteiger charge is -2.23. The second-order valence-electron chi connectivity index (χ2n) is 5.65. The van der Waals surface area contributed by atoms with Gasteiger partial charge in [0.05, 0.1) is 11.8 Å². The summed E-state index contributed by atoms with van der Waals surface area (Å²) >= 11 is 0.